The van der Waals surface area contributed by atoms with Crippen molar-refractivity contribution < 1.29 is 4.79 Å². The first kappa shape index (κ1) is 13.2. The number of thiophene rings is 2. The molecule has 4 rings (SSSR count). The van der Waals surface area contributed by atoms with Crippen LogP contribution in [-0.2, 0) is 0 Å². The number of rotatable bonds is 2. The largest absolute Gasteiger partial charge is 0.337 e. The molecule has 3 heterocycles. The van der Waals surface area contributed by atoms with Gasteiger partial charge in [-0.1, -0.05) is 18.2 Å². The summed E-state index contributed by atoms with van der Waals surface area (Å²) in [5.74, 6) is 0.154. The van der Waals surface area contributed by atoms with Crippen molar-refractivity contribution in [1.82, 2.24) is 10.2 Å². The normalized spacial score (nSPS) is 18.6. The number of likely N-dealkylation sites (N-methyl/N-ethyl adjacent to an activating group) is 1. The van der Waals surface area contributed by atoms with Gasteiger partial charge in [-0.25, -0.2) is 0 Å². The maximum absolute atomic E-state index is 12.6. The number of amides is 1. The molecule has 1 aliphatic heterocycles. The molecule has 1 unspecified atom stereocenters. The fourth-order valence-electron chi connectivity index (χ4n) is 2.91. The lowest BCUT2D eigenvalue weighted by molar-refractivity contribution is 0.0749. The molecule has 0 aliphatic carbocycles. The summed E-state index contributed by atoms with van der Waals surface area (Å²) >= 11 is 3.40. The van der Waals surface area contributed by atoms with Crippen molar-refractivity contribution in [2.75, 3.05) is 20.1 Å². The summed E-state index contributed by atoms with van der Waals surface area (Å²) in [5.41, 5.74) is 0. The Kier molecular flexibility index (Phi) is 3.21. The number of fused-ring (bicyclic) bond motifs is 3. The van der Waals surface area contributed by atoms with Crippen LogP contribution in [0.3, 0.4) is 0 Å². The van der Waals surface area contributed by atoms with Crippen molar-refractivity contribution in [2.45, 2.75) is 12.5 Å². The topological polar surface area (TPSA) is 32.3 Å². The van der Waals surface area contributed by atoms with Crippen LogP contribution in [0, 0.1) is 0 Å². The van der Waals surface area contributed by atoms with Crippen molar-refractivity contribution in [3.8, 4) is 0 Å². The predicted octanol–water partition coefficient (Wildman–Crippen LogP) is 3.55. The van der Waals surface area contributed by atoms with Gasteiger partial charge >= 0.3 is 0 Å². The maximum atomic E-state index is 12.6. The summed E-state index contributed by atoms with van der Waals surface area (Å²) in [7, 11) is 1.92. The quantitative estimate of drug-likeness (QED) is 0.784. The first-order chi connectivity index (χ1) is 10.2. The third-order valence-corrected chi connectivity index (χ3v) is 6.57. The number of nitrogens with one attached hydrogen (secondary N) is 1. The van der Waals surface area contributed by atoms with Crippen LogP contribution in [-0.4, -0.2) is 37.0 Å². The molecule has 0 saturated carbocycles. The van der Waals surface area contributed by atoms with Crippen molar-refractivity contribution in [3.63, 3.8) is 0 Å². The van der Waals surface area contributed by atoms with Crippen LogP contribution in [0.5, 0.6) is 0 Å². The van der Waals surface area contributed by atoms with Crippen molar-refractivity contribution in [1.29, 1.82) is 0 Å². The number of carbonyl (C=O) groups is 1. The number of hydrogen-bond acceptors (Lipinski definition) is 4. The van der Waals surface area contributed by atoms with Crippen LogP contribution >= 0.6 is 22.7 Å². The minimum absolute atomic E-state index is 0.154. The zero-order chi connectivity index (χ0) is 14.4. The highest BCUT2D eigenvalue weighted by Gasteiger charge is 2.25. The van der Waals surface area contributed by atoms with Crippen LogP contribution in [0.15, 0.2) is 30.3 Å². The summed E-state index contributed by atoms with van der Waals surface area (Å²) < 4.78 is 3.77. The van der Waals surface area contributed by atoms with E-state index in [9.17, 15) is 4.79 Å². The van der Waals surface area contributed by atoms with Gasteiger partial charge in [0, 0.05) is 34.4 Å². The molecule has 1 saturated heterocycles. The Labute approximate surface area is 131 Å². The minimum Gasteiger partial charge on any atom is -0.337 e. The molecule has 108 valence electrons. The lowest BCUT2D eigenvalue weighted by Crippen LogP contribution is -2.37. The first-order valence-corrected chi connectivity index (χ1v) is 8.76. The van der Waals surface area contributed by atoms with Crippen molar-refractivity contribution >= 4 is 48.1 Å². The molecule has 0 bridgehead atoms. The maximum Gasteiger partial charge on any atom is 0.264 e. The Morgan fingerprint density at radius 1 is 1.29 bits per heavy atom. The smallest absolute Gasteiger partial charge is 0.264 e. The van der Waals surface area contributed by atoms with Gasteiger partial charge in [-0.15, -0.1) is 22.7 Å². The molecular formula is C16H16N2OS2. The fourth-order valence-corrected chi connectivity index (χ4v) is 5.42. The molecule has 5 heteroatoms. The van der Waals surface area contributed by atoms with Gasteiger partial charge in [0.2, 0.25) is 0 Å². The molecule has 1 atom stereocenters. The summed E-state index contributed by atoms with van der Waals surface area (Å²) in [5, 5.41) is 4.59. The fraction of sp³-hybridized carbons (Fsp3) is 0.312. The predicted molar refractivity (Wildman–Crippen MR) is 90.6 cm³/mol. The van der Waals surface area contributed by atoms with E-state index in [0.717, 1.165) is 24.4 Å². The van der Waals surface area contributed by atoms with E-state index >= 15 is 0 Å². The highest BCUT2D eigenvalue weighted by atomic mass is 32.1. The molecule has 1 aliphatic rings. The van der Waals surface area contributed by atoms with E-state index in [1.165, 1.54) is 19.5 Å². The average molecular weight is 316 g/mol. The Morgan fingerprint density at radius 2 is 2.14 bits per heavy atom. The highest BCUT2D eigenvalue weighted by Crippen LogP contribution is 2.39. The molecule has 1 aromatic carbocycles. The Bertz CT molecular complexity index is 814. The van der Waals surface area contributed by atoms with Gasteiger partial charge in [-0.3, -0.25) is 4.79 Å². The summed E-state index contributed by atoms with van der Waals surface area (Å²) in [6.45, 7) is 1.91. The number of nitrogens with zero attached hydrogens (tertiary/aromatic N) is 1. The number of carbonyl (C=O) groups excluding carboxylic acids is 1. The number of benzene rings is 1. The molecule has 21 heavy (non-hydrogen) atoms. The van der Waals surface area contributed by atoms with E-state index in [-0.39, 0.29) is 5.91 Å². The van der Waals surface area contributed by atoms with Gasteiger partial charge in [0.05, 0.1) is 9.58 Å². The molecular weight excluding hydrogens is 300 g/mol. The van der Waals surface area contributed by atoms with Gasteiger partial charge in [0.1, 0.15) is 0 Å². The number of hydrogen-bond donors (Lipinski definition) is 1. The van der Waals surface area contributed by atoms with E-state index in [2.05, 4.69) is 35.6 Å². The monoisotopic (exact) mass is 316 g/mol. The summed E-state index contributed by atoms with van der Waals surface area (Å²) in [6.07, 6.45) is 1.05. The molecule has 0 radical (unpaired) electrons. The van der Waals surface area contributed by atoms with Gasteiger partial charge in [0.15, 0.2) is 0 Å². The molecule has 2 aromatic heterocycles. The molecule has 0 spiro atoms. The van der Waals surface area contributed by atoms with Gasteiger partial charge in [-0.2, -0.15) is 0 Å². The van der Waals surface area contributed by atoms with Crippen molar-refractivity contribution in [2.24, 2.45) is 0 Å². The second kappa shape index (κ2) is 5.09. The van der Waals surface area contributed by atoms with Crippen LogP contribution in [0.25, 0.3) is 19.5 Å². The van der Waals surface area contributed by atoms with E-state index < -0.39 is 0 Å². The van der Waals surface area contributed by atoms with E-state index in [1.807, 2.05) is 11.9 Å². The van der Waals surface area contributed by atoms with E-state index in [4.69, 9.17) is 0 Å². The first-order valence-electron chi connectivity index (χ1n) is 7.13. The second-order valence-electron chi connectivity index (χ2n) is 5.46. The van der Waals surface area contributed by atoms with Crippen LogP contribution < -0.4 is 5.32 Å². The van der Waals surface area contributed by atoms with Crippen molar-refractivity contribution in [3.05, 3.63) is 35.2 Å². The second-order valence-corrected chi connectivity index (χ2v) is 7.60. The van der Waals surface area contributed by atoms with Gasteiger partial charge in [-0.05, 0) is 25.1 Å². The molecule has 3 aromatic rings. The van der Waals surface area contributed by atoms with Crippen LogP contribution in [0.2, 0.25) is 0 Å². The standard InChI is InChI=1S/C16H16N2OS2/c1-18(10-6-7-17-9-10)16(19)14-8-13-15(21-14)11-4-2-3-5-12(11)20-13/h2-5,8,10,17H,6-7,9H2,1H3. The van der Waals surface area contributed by atoms with Crippen LogP contribution in [0.1, 0.15) is 16.1 Å². The zero-order valence-corrected chi connectivity index (χ0v) is 13.4. The Hall–Kier alpha value is -1.43. The lowest BCUT2D eigenvalue weighted by atomic mass is 10.2. The summed E-state index contributed by atoms with van der Waals surface area (Å²) in [6, 6.07) is 10.8. The highest BCUT2D eigenvalue weighted by molar-refractivity contribution is 7.33. The SMILES string of the molecule is CN(C(=O)c1cc2sc3ccccc3c2s1)C1CCNC1. The molecule has 3 nitrogen and oxygen atoms in total. The zero-order valence-electron chi connectivity index (χ0n) is 11.8. The Morgan fingerprint density at radius 3 is 2.95 bits per heavy atom. The average Bonchev–Trinajstić information content (AvgIpc) is 3.20. The van der Waals surface area contributed by atoms with Gasteiger partial charge in [0.25, 0.3) is 5.91 Å². The summed E-state index contributed by atoms with van der Waals surface area (Å²) in [4.78, 5) is 15.4. The Balaban J connectivity index is 1.71. The van der Waals surface area contributed by atoms with Crippen LogP contribution in [0.4, 0.5) is 0 Å². The molecule has 1 fully saturated rings. The van der Waals surface area contributed by atoms with E-state index in [0.29, 0.717) is 6.04 Å². The van der Waals surface area contributed by atoms with Gasteiger partial charge < -0.3 is 10.2 Å². The molecule has 1 amide bonds. The lowest BCUT2D eigenvalue weighted by Gasteiger charge is -2.22. The van der Waals surface area contributed by atoms with E-state index in [1.54, 1.807) is 22.7 Å². The minimum atomic E-state index is 0.154. The third kappa shape index (κ3) is 2.16. The molecule has 1 N–H and O–H groups in total. The third-order valence-electron chi connectivity index (χ3n) is 4.16.